The maximum Gasteiger partial charge on any atom is 0.180 e. The molecule has 9 aromatic rings. The zero-order valence-electron chi connectivity index (χ0n) is 37.6. The van der Waals surface area contributed by atoms with E-state index < -0.39 is 16.1 Å². The van der Waals surface area contributed by atoms with Crippen LogP contribution in [-0.2, 0) is 0 Å². The van der Waals surface area contributed by atoms with Crippen molar-refractivity contribution >= 4 is 58.8 Å². The molecule has 4 heteroatoms. The minimum absolute atomic E-state index is 0.309. The van der Waals surface area contributed by atoms with E-state index in [0.717, 1.165) is 22.4 Å². The lowest BCUT2D eigenvalue weighted by Gasteiger charge is -2.31. The third-order valence-corrected chi connectivity index (χ3v) is 22.4. The lowest BCUT2D eigenvalue weighted by molar-refractivity contribution is 0.912. The minimum Gasteiger partial charge on any atom is -0.254 e. The van der Waals surface area contributed by atoms with Gasteiger partial charge in [-0.15, -0.1) is 6.58 Å². The molecule has 0 saturated carbocycles. The molecule has 0 amide bonds. The van der Waals surface area contributed by atoms with Gasteiger partial charge in [-0.2, -0.15) is 0 Å². The van der Waals surface area contributed by atoms with E-state index >= 15 is 0 Å². The second-order valence-electron chi connectivity index (χ2n) is 18.1. The third kappa shape index (κ3) is 6.84. The highest BCUT2D eigenvalue weighted by atomic mass is 28.3. The van der Waals surface area contributed by atoms with E-state index in [1.807, 2.05) is 6.08 Å². The first-order valence-corrected chi connectivity index (χ1v) is 28.0. The Kier molecular flexibility index (Phi) is 10.5. The summed E-state index contributed by atoms with van der Waals surface area (Å²) in [5, 5.41) is 8.39. The van der Waals surface area contributed by atoms with Crippen LogP contribution in [0.2, 0.25) is 13.1 Å². The van der Waals surface area contributed by atoms with Crippen molar-refractivity contribution in [3.63, 3.8) is 0 Å². The number of nitrogens with zero attached hydrogens (tertiary/aromatic N) is 2. The molecular formula is C62H50N2Si2. The first kappa shape index (κ1) is 41.2. The second-order valence-corrected chi connectivity index (χ2v) is 26.1. The number of hydrogen-bond donors (Lipinski definition) is 0. The van der Waals surface area contributed by atoms with Crippen LogP contribution in [0.4, 0.5) is 0 Å². The van der Waals surface area contributed by atoms with Gasteiger partial charge in [0.2, 0.25) is 0 Å². The smallest absolute Gasteiger partial charge is 0.180 e. The molecule has 2 aliphatic heterocycles. The Morgan fingerprint density at radius 2 is 0.985 bits per heavy atom. The summed E-state index contributed by atoms with van der Waals surface area (Å²) >= 11 is 0. The Morgan fingerprint density at radius 1 is 0.455 bits per heavy atom. The molecule has 0 radical (unpaired) electrons. The summed E-state index contributed by atoms with van der Waals surface area (Å²) in [6.07, 6.45) is 1.94. The molecule has 1 unspecified atom stereocenters. The normalized spacial score (nSPS) is 14.7. The Bertz CT molecular complexity index is 3300. The number of benzene rings is 9. The number of amidine groups is 1. The summed E-state index contributed by atoms with van der Waals surface area (Å²) in [7, 11) is -4.92. The maximum atomic E-state index is 5.71. The highest BCUT2D eigenvalue weighted by Crippen LogP contribution is 2.36. The standard InChI is InChI=1S/C62H50N2Si2/c1-5-57(46-27-15-8-16-28-46)64-62(63-43(2)54-42-59-56(41-55(54)45-25-13-7-14-26-45)51-33-21-22-34-58(51)65(59,3)4)48-36-38-53-52-37-35-47(44-23-11-6-12-24-44)39-60(52)66(61(53)40-48,49-29-17-9-18-30-49)50-31-19-10-20-32-50/h5-42,57H,1H2,2-4H3/b63-43+,64-62-. The second kappa shape index (κ2) is 16.8. The summed E-state index contributed by atoms with van der Waals surface area (Å²) in [4.78, 5) is 11.3. The first-order valence-electron chi connectivity index (χ1n) is 23.0. The van der Waals surface area contributed by atoms with Crippen LogP contribution < -0.4 is 31.1 Å². The van der Waals surface area contributed by atoms with Crippen LogP contribution >= 0.6 is 0 Å². The van der Waals surface area contributed by atoms with Crippen molar-refractivity contribution < 1.29 is 0 Å². The van der Waals surface area contributed by atoms with E-state index in [1.54, 1.807) is 0 Å². The topological polar surface area (TPSA) is 24.7 Å². The van der Waals surface area contributed by atoms with Gasteiger partial charge in [0.05, 0.1) is 6.04 Å². The van der Waals surface area contributed by atoms with Crippen molar-refractivity contribution in [1.29, 1.82) is 0 Å². The summed E-state index contributed by atoms with van der Waals surface area (Å²) in [6.45, 7) is 11.5. The van der Waals surface area contributed by atoms with Gasteiger partial charge in [0.25, 0.3) is 0 Å². The van der Waals surface area contributed by atoms with Crippen molar-refractivity contribution in [2.24, 2.45) is 9.98 Å². The zero-order chi connectivity index (χ0) is 44.8. The molecule has 0 spiro atoms. The lowest BCUT2D eigenvalue weighted by atomic mass is 9.92. The Hall–Kier alpha value is -7.51. The minimum atomic E-state index is -2.91. The van der Waals surface area contributed by atoms with Crippen molar-refractivity contribution in [1.82, 2.24) is 0 Å². The molecule has 0 N–H and O–H groups in total. The summed E-state index contributed by atoms with van der Waals surface area (Å²) in [6, 6.07) is 82.3. The van der Waals surface area contributed by atoms with Gasteiger partial charge in [-0.05, 0) is 94.2 Å². The lowest BCUT2D eigenvalue weighted by Crippen LogP contribution is -2.72. The van der Waals surface area contributed by atoms with E-state index in [-0.39, 0.29) is 6.04 Å². The van der Waals surface area contributed by atoms with Crippen molar-refractivity contribution in [2.75, 3.05) is 0 Å². The molecule has 1 atom stereocenters. The molecule has 0 aromatic heterocycles. The van der Waals surface area contributed by atoms with E-state index in [9.17, 15) is 0 Å². The molecular weight excluding hydrogens is 829 g/mol. The van der Waals surface area contributed by atoms with Crippen molar-refractivity contribution in [3.8, 4) is 44.5 Å². The highest BCUT2D eigenvalue weighted by Gasteiger charge is 2.49. The third-order valence-electron chi connectivity index (χ3n) is 14.0. The van der Waals surface area contributed by atoms with Crippen molar-refractivity contribution in [3.05, 3.63) is 254 Å². The van der Waals surface area contributed by atoms with Crippen LogP contribution in [0.25, 0.3) is 44.5 Å². The SMILES string of the molecule is C=CC(/N=C(\N=C(/C)c1cc2c(cc1-c1ccccc1)-c1ccccc1[Si]2(C)C)c1ccc2c(c1)[Si](c1ccccc1)(c1ccccc1)c1cc(-c3ccccc3)ccc1-2)c1ccccc1. The molecule has 316 valence electrons. The van der Waals surface area contributed by atoms with Crippen LogP contribution in [0.3, 0.4) is 0 Å². The van der Waals surface area contributed by atoms with Gasteiger partial charge in [-0.3, -0.25) is 4.99 Å². The van der Waals surface area contributed by atoms with Gasteiger partial charge < -0.3 is 0 Å². The predicted molar refractivity (Wildman–Crippen MR) is 287 cm³/mol. The van der Waals surface area contributed by atoms with Gasteiger partial charge in [0.15, 0.2) is 13.9 Å². The molecule has 11 rings (SSSR count). The maximum absolute atomic E-state index is 5.71. The highest BCUT2D eigenvalue weighted by molar-refractivity contribution is 7.22. The van der Waals surface area contributed by atoms with Crippen LogP contribution in [0.5, 0.6) is 0 Å². The van der Waals surface area contributed by atoms with Gasteiger partial charge in [0, 0.05) is 16.8 Å². The Labute approximate surface area is 391 Å². The molecule has 66 heavy (non-hydrogen) atoms. The number of rotatable bonds is 9. The molecule has 0 aliphatic carbocycles. The first-order chi connectivity index (χ1) is 32.4. The summed E-state index contributed by atoms with van der Waals surface area (Å²) in [5.41, 5.74) is 14.2. The summed E-state index contributed by atoms with van der Waals surface area (Å²) in [5.74, 6) is 0.688. The fourth-order valence-corrected chi connectivity index (χ4v) is 19.1. The van der Waals surface area contributed by atoms with Crippen LogP contribution in [-0.4, -0.2) is 27.7 Å². The summed E-state index contributed by atoms with van der Waals surface area (Å²) < 4.78 is 0. The fourth-order valence-electron chi connectivity index (χ4n) is 10.8. The number of hydrogen-bond acceptors (Lipinski definition) is 1. The molecule has 2 heterocycles. The predicted octanol–water partition coefficient (Wildman–Crippen LogP) is 11.4. The molecule has 9 aromatic carbocycles. The zero-order valence-corrected chi connectivity index (χ0v) is 39.6. The molecule has 2 aliphatic rings. The van der Waals surface area contributed by atoms with Gasteiger partial charge >= 0.3 is 0 Å². The van der Waals surface area contributed by atoms with Crippen molar-refractivity contribution in [2.45, 2.75) is 26.1 Å². The Balaban J connectivity index is 1.16. The van der Waals surface area contributed by atoms with Gasteiger partial charge in [0.1, 0.15) is 8.07 Å². The van der Waals surface area contributed by atoms with Crippen LogP contribution in [0, 0.1) is 0 Å². The van der Waals surface area contributed by atoms with Gasteiger partial charge in [-0.1, -0.05) is 238 Å². The van der Waals surface area contributed by atoms with Gasteiger partial charge in [-0.25, -0.2) is 4.99 Å². The molecule has 0 fully saturated rings. The largest absolute Gasteiger partial charge is 0.254 e. The number of fused-ring (bicyclic) bond motifs is 6. The van der Waals surface area contributed by atoms with E-state index in [1.165, 1.54) is 75.6 Å². The average Bonchev–Trinajstić information content (AvgIpc) is 3.80. The fraction of sp³-hybridized carbons (Fsp3) is 0.0645. The van der Waals surface area contributed by atoms with E-state index in [4.69, 9.17) is 9.98 Å². The number of aliphatic imine (C=N–C) groups is 2. The van der Waals surface area contributed by atoms with Crippen LogP contribution in [0.15, 0.2) is 247 Å². The molecule has 0 bridgehead atoms. The Morgan fingerprint density at radius 3 is 1.62 bits per heavy atom. The van der Waals surface area contributed by atoms with Crippen LogP contribution in [0.1, 0.15) is 29.7 Å². The van der Waals surface area contributed by atoms with E-state index in [2.05, 4.69) is 251 Å². The van der Waals surface area contributed by atoms with E-state index in [0.29, 0.717) is 5.84 Å². The average molecular weight is 879 g/mol. The molecule has 2 nitrogen and oxygen atoms in total. The molecule has 0 saturated heterocycles. The quantitative estimate of drug-likeness (QED) is 0.0597. The monoisotopic (exact) mass is 878 g/mol.